The number of carboxylic acid groups (broad SMARTS) is 1. The van der Waals surface area contributed by atoms with E-state index >= 15 is 0 Å². The van der Waals surface area contributed by atoms with Crippen LogP contribution in [-0.4, -0.2) is 53.6 Å². The molecule has 3 N–H and O–H groups in total. The molecule has 0 spiro atoms. The van der Waals surface area contributed by atoms with Gasteiger partial charge >= 0.3 is 5.97 Å². The first-order chi connectivity index (χ1) is 7.50. The van der Waals surface area contributed by atoms with Gasteiger partial charge in [-0.15, -0.1) is 0 Å². The van der Waals surface area contributed by atoms with E-state index in [1.54, 1.807) is 0 Å². The molecule has 1 fully saturated rings. The van der Waals surface area contributed by atoms with E-state index in [1.807, 2.05) is 0 Å². The molecule has 0 bridgehead atoms. The zero-order valence-electron chi connectivity index (χ0n) is 8.72. The fraction of sp³-hybridized carbons (Fsp3) is 0.667. The molecule has 2 amide bonds. The third-order valence-corrected chi connectivity index (χ3v) is 2.19. The molecule has 16 heavy (non-hydrogen) atoms. The number of nitrogens with two attached hydrogens (primary N) is 1. The van der Waals surface area contributed by atoms with Gasteiger partial charge in [-0.2, -0.15) is 0 Å². The van der Waals surface area contributed by atoms with Gasteiger partial charge in [-0.3, -0.25) is 14.4 Å². The Morgan fingerprint density at radius 2 is 2.06 bits per heavy atom. The normalized spacial score (nSPS) is 19.4. The van der Waals surface area contributed by atoms with Crippen molar-refractivity contribution in [2.75, 3.05) is 19.7 Å². The number of hydrogen-bond donors (Lipinski definition) is 2. The van der Waals surface area contributed by atoms with Crippen LogP contribution in [0.25, 0.3) is 0 Å². The quantitative estimate of drug-likeness (QED) is 0.601. The molecular formula is C9H14N2O5. The second-order valence-corrected chi connectivity index (χ2v) is 3.56. The number of hydrogen-bond acceptors (Lipinski definition) is 4. The molecule has 0 aromatic heterocycles. The molecule has 0 aliphatic carbocycles. The summed E-state index contributed by atoms with van der Waals surface area (Å²) in [6, 6.07) is 0. The minimum absolute atomic E-state index is 0.398. The van der Waals surface area contributed by atoms with E-state index < -0.39 is 37.0 Å². The van der Waals surface area contributed by atoms with Crippen molar-refractivity contribution in [2.24, 2.45) is 5.73 Å². The highest BCUT2D eigenvalue weighted by atomic mass is 16.5. The van der Waals surface area contributed by atoms with Gasteiger partial charge in [-0.25, -0.2) is 0 Å². The second kappa shape index (κ2) is 5.45. The maximum absolute atomic E-state index is 11.7. The van der Waals surface area contributed by atoms with Gasteiger partial charge in [0, 0.05) is 6.61 Å². The van der Waals surface area contributed by atoms with Crippen molar-refractivity contribution < 1.29 is 24.2 Å². The molecule has 0 aromatic carbocycles. The molecule has 7 heteroatoms. The van der Waals surface area contributed by atoms with Crippen molar-refractivity contribution in [3.05, 3.63) is 0 Å². The molecule has 0 aromatic rings. The van der Waals surface area contributed by atoms with Gasteiger partial charge in [0.2, 0.25) is 5.91 Å². The first-order valence-corrected chi connectivity index (χ1v) is 4.91. The molecule has 1 rings (SSSR count). The van der Waals surface area contributed by atoms with E-state index in [1.165, 1.54) is 0 Å². The van der Waals surface area contributed by atoms with Crippen LogP contribution in [0.15, 0.2) is 0 Å². The van der Waals surface area contributed by atoms with Gasteiger partial charge in [0.1, 0.15) is 19.2 Å². The summed E-state index contributed by atoms with van der Waals surface area (Å²) in [6.07, 6.45) is 0.667. The van der Waals surface area contributed by atoms with Gasteiger partial charge < -0.3 is 20.5 Å². The Morgan fingerprint density at radius 3 is 2.50 bits per heavy atom. The van der Waals surface area contributed by atoms with E-state index in [0.29, 0.717) is 13.0 Å². The van der Waals surface area contributed by atoms with Crippen LogP contribution in [0.5, 0.6) is 0 Å². The summed E-state index contributed by atoms with van der Waals surface area (Å²) in [5.41, 5.74) is 4.94. The highest BCUT2D eigenvalue weighted by Gasteiger charge is 2.29. The molecule has 0 unspecified atom stereocenters. The number of ether oxygens (including phenoxy) is 1. The minimum Gasteiger partial charge on any atom is -0.480 e. The van der Waals surface area contributed by atoms with Gasteiger partial charge in [-0.05, 0) is 12.8 Å². The van der Waals surface area contributed by atoms with E-state index in [9.17, 15) is 14.4 Å². The first-order valence-electron chi connectivity index (χ1n) is 4.91. The molecular weight excluding hydrogens is 216 g/mol. The van der Waals surface area contributed by atoms with E-state index in [-0.39, 0.29) is 0 Å². The van der Waals surface area contributed by atoms with Crippen LogP contribution in [0, 0.1) is 0 Å². The largest absolute Gasteiger partial charge is 0.480 e. The Morgan fingerprint density at radius 1 is 1.38 bits per heavy atom. The van der Waals surface area contributed by atoms with Crippen molar-refractivity contribution >= 4 is 17.8 Å². The lowest BCUT2D eigenvalue weighted by molar-refractivity contribution is -0.150. The number of carbonyl (C=O) groups excluding carboxylic acids is 2. The van der Waals surface area contributed by atoms with E-state index in [2.05, 4.69) is 0 Å². The Labute approximate surface area is 92.1 Å². The van der Waals surface area contributed by atoms with Gasteiger partial charge in [-0.1, -0.05) is 0 Å². The highest BCUT2D eigenvalue weighted by molar-refractivity contribution is 5.89. The van der Waals surface area contributed by atoms with Crippen LogP contribution >= 0.6 is 0 Å². The average Bonchev–Trinajstić information content (AvgIpc) is 2.66. The van der Waals surface area contributed by atoms with E-state index in [4.69, 9.17) is 15.6 Å². The number of amides is 2. The number of rotatable bonds is 5. The summed E-state index contributed by atoms with van der Waals surface area (Å²) in [5.74, 6) is -2.42. The molecule has 1 atom stereocenters. The molecule has 1 aliphatic heterocycles. The number of aliphatic carboxylic acids is 1. The van der Waals surface area contributed by atoms with Crippen LogP contribution in [0.2, 0.25) is 0 Å². The molecule has 0 saturated carbocycles. The third-order valence-electron chi connectivity index (χ3n) is 2.19. The maximum atomic E-state index is 11.7. The number of carboxylic acids is 1. The lowest BCUT2D eigenvalue weighted by atomic mass is 10.2. The number of nitrogens with zero attached hydrogens (tertiary/aromatic N) is 1. The van der Waals surface area contributed by atoms with E-state index in [0.717, 1.165) is 11.3 Å². The zero-order chi connectivity index (χ0) is 12.1. The van der Waals surface area contributed by atoms with Gasteiger partial charge in [0.25, 0.3) is 5.91 Å². The summed E-state index contributed by atoms with van der Waals surface area (Å²) in [7, 11) is 0. The van der Waals surface area contributed by atoms with Crippen LogP contribution in [-0.2, 0) is 19.1 Å². The highest BCUT2D eigenvalue weighted by Crippen LogP contribution is 2.14. The molecule has 0 radical (unpaired) electrons. The summed E-state index contributed by atoms with van der Waals surface area (Å²) >= 11 is 0. The summed E-state index contributed by atoms with van der Waals surface area (Å²) in [5, 5.41) is 8.60. The molecule has 1 saturated heterocycles. The number of carbonyl (C=O) groups is 3. The monoisotopic (exact) mass is 230 g/mol. The molecule has 7 nitrogen and oxygen atoms in total. The van der Waals surface area contributed by atoms with Crippen LogP contribution in [0.3, 0.4) is 0 Å². The maximum Gasteiger partial charge on any atom is 0.323 e. The SMILES string of the molecule is NC(=O)CN(CC(=O)O)C(=O)[C@@H]1CCCO1. The van der Waals surface area contributed by atoms with Crippen molar-refractivity contribution in [3.63, 3.8) is 0 Å². The standard InChI is InChI=1S/C9H14N2O5/c10-7(12)4-11(5-8(13)14)9(15)6-2-1-3-16-6/h6H,1-5H2,(H2,10,12)(H,13,14)/t6-/m0/s1. The third kappa shape index (κ3) is 3.50. The fourth-order valence-electron chi connectivity index (χ4n) is 1.54. The lowest BCUT2D eigenvalue weighted by Crippen LogP contribution is -2.46. The van der Waals surface area contributed by atoms with Crippen LogP contribution in [0.1, 0.15) is 12.8 Å². The molecule has 1 aliphatic rings. The zero-order valence-corrected chi connectivity index (χ0v) is 8.72. The Balaban J connectivity index is 2.62. The first kappa shape index (κ1) is 12.4. The predicted octanol–water partition coefficient (Wildman–Crippen LogP) is -1.44. The smallest absolute Gasteiger partial charge is 0.323 e. The Hall–Kier alpha value is -1.63. The topological polar surface area (TPSA) is 110 Å². The van der Waals surface area contributed by atoms with Crippen molar-refractivity contribution in [2.45, 2.75) is 18.9 Å². The number of primary amides is 1. The summed E-state index contributed by atoms with van der Waals surface area (Å²) in [4.78, 5) is 33.9. The Kier molecular flexibility index (Phi) is 4.24. The van der Waals surface area contributed by atoms with Crippen molar-refractivity contribution in [1.82, 2.24) is 4.90 Å². The van der Waals surface area contributed by atoms with Crippen LogP contribution < -0.4 is 5.73 Å². The fourth-order valence-corrected chi connectivity index (χ4v) is 1.54. The summed E-state index contributed by atoms with van der Waals surface area (Å²) < 4.78 is 5.12. The predicted molar refractivity (Wildman–Crippen MR) is 52.4 cm³/mol. The van der Waals surface area contributed by atoms with Gasteiger partial charge in [0.05, 0.1) is 0 Å². The Bertz CT molecular complexity index is 282. The minimum atomic E-state index is -1.19. The molecule has 90 valence electrons. The summed E-state index contributed by atoms with van der Waals surface area (Å²) in [6.45, 7) is -0.458. The van der Waals surface area contributed by atoms with Crippen molar-refractivity contribution in [3.8, 4) is 0 Å². The second-order valence-electron chi connectivity index (χ2n) is 3.56. The average molecular weight is 230 g/mol. The van der Waals surface area contributed by atoms with Crippen LogP contribution in [0.4, 0.5) is 0 Å². The molecule has 1 heterocycles. The lowest BCUT2D eigenvalue weighted by Gasteiger charge is -2.21. The van der Waals surface area contributed by atoms with Gasteiger partial charge in [0.15, 0.2) is 0 Å². The van der Waals surface area contributed by atoms with Crippen molar-refractivity contribution in [1.29, 1.82) is 0 Å².